The second kappa shape index (κ2) is 5.16. The molecule has 2 rings (SSSR count). The third kappa shape index (κ3) is 2.06. The maximum absolute atomic E-state index is 12.2. The van der Waals surface area contributed by atoms with E-state index in [0.29, 0.717) is 0 Å². The highest BCUT2D eigenvalue weighted by Crippen LogP contribution is 2.38. The van der Waals surface area contributed by atoms with Crippen molar-refractivity contribution in [1.82, 2.24) is 0 Å². The molecule has 0 bridgehead atoms. The first kappa shape index (κ1) is 14.4. The van der Waals surface area contributed by atoms with Crippen LogP contribution in [0.5, 0.6) is 0 Å². The first-order chi connectivity index (χ1) is 9.92. The molecular weight excluding hydrogens is 268 g/mol. The van der Waals surface area contributed by atoms with Crippen LogP contribution in [0.15, 0.2) is 48.5 Å². The van der Waals surface area contributed by atoms with Gasteiger partial charge in [-0.15, -0.1) is 0 Å². The topological polar surface area (TPSA) is 138 Å². The van der Waals surface area contributed by atoms with Crippen molar-refractivity contribution in [3.8, 4) is 0 Å². The van der Waals surface area contributed by atoms with Crippen LogP contribution in [-0.4, -0.2) is 11.8 Å². The number of carbonyl (C=O) groups excluding carboxylic acids is 2. The van der Waals surface area contributed by atoms with E-state index in [0.717, 1.165) is 0 Å². The smallest absolute Gasteiger partial charge is 0.242 e. The molecule has 0 heterocycles. The molecule has 2 amide bonds. The summed E-state index contributed by atoms with van der Waals surface area (Å²) in [5.41, 5.74) is 21.9. The summed E-state index contributed by atoms with van der Waals surface area (Å²) < 4.78 is 0. The number of nitrogen functional groups attached to an aromatic ring is 2. The van der Waals surface area contributed by atoms with Gasteiger partial charge >= 0.3 is 0 Å². The van der Waals surface area contributed by atoms with Crippen LogP contribution in [-0.2, 0) is 15.0 Å². The predicted octanol–water partition coefficient (Wildman–Crippen LogP) is 0.108. The molecule has 8 N–H and O–H groups in total. The quantitative estimate of drug-likeness (QED) is 0.467. The van der Waals surface area contributed by atoms with Gasteiger partial charge in [-0.1, -0.05) is 36.4 Å². The molecule has 0 radical (unpaired) electrons. The molecule has 0 atom stereocenters. The van der Waals surface area contributed by atoms with Crippen LogP contribution < -0.4 is 22.9 Å². The fraction of sp³-hybridized carbons (Fsp3) is 0.0667. The minimum atomic E-state index is -1.91. The van der Waals surface area contributed by atoms with Crippen LogP contribution in [0.3, 0.4) is 0 Å². The molecule has 108 valence electrons. The summed E-state index contributed by atoms with van der Waals surface area (Å²) in [6, 6.07) is 12.9. The zero-order valence-corrected chi connectivity index (χ0v) is 11.2. The molecule has 0 saturated heterocycles. The van der Waals surface area contributed by atoms with Crippen LogP contribution in [0.4, 0.5) is 11.4 Å². The minimum absolute atomic E-state index is 0.225. The lowest BCUT2D eigenvalue weighted by atomic mass is 9.72. The summed E-state index contributed by atoms with van der Waals surface area (Å²) in [6.45, 7) is 0. The first-order valence-electron chi connectivity index (χ1n) is 6.22. The summed E-state index contributed by atoms with van der Waals surface area (Å²) in [4.78, 5) is 24.4. The molecule has 0 fully saturated rings. The normalized spacial score (nSPS) is 11.0. The van der Waals surface area contributed by atoms with E-state index < -0.39 is 17.2 Å². The van der Waals surface area contributed by atoms with Gasteiger partial charge in [-0.05, 0) is 12.1 Å². The number of anilines is 2. The monoisotopic (exact) mass is 284 g/mol. The lowest BCUT2D eigenvalue weighted by Gasteiger charge is -2.30. The van der Waals surface area contributed by atoms with Gasteiger partial charge < -0.3 is 22.9 Å². The highest BCUT2D eigenvalue weighted by molar-refractivity contribution is 6.15. The predicted molar refractivity (Wildman–Crippen MR) is 80.9 cm³/mol. The van der Waals surface area contributed by atoms with Gasteiger partial charge in [-0.25, -0.2) is 0 Å². The lowest BCUT2D eigenvalue weighted by molar-refractivity contribution is -0.132. The molecule has 0 aromatic heterocycles. The molecule has 0 aliphatic heterocycles. The summed E-state index contributed by atoms with van der Waals surface area (Å²) in [5, 5.41) is 0. The number of amides is 2. The number of para-hydroxylation sites is 2. The summed E-state index contributed by atoms with van der Waals surface area (Å²) in [7, 11) is 0. The molecule has 6 heteroatoms. The van der Waals surface area contributed by atoms with Gasteiger partial charge in [0.2, 0.25) is 11.8 Å². The van der Waals surface area contributed by atoms with E-state index >= 15 is 0 Å². The maximum Gasteiger partial charge on any atom is 0.242 e. The van der Waals surface area contributed by atoms with Gasteiger partial charge in [-0.2, -0.15) is 0 Å². The van der Waals surface area contributed by atoms with Crippen molar-refractivity contribution in [1.29, 1.82) is 0 Å². The second-order valence-corrected chi connectivity index (χ2v) is 4.65. The van der Waals surface area contributed by atoms with Crippen molar-refractivity contribution in [3.05, 3.63) is 59.7 Å². The standard InChI is InChI=1S/C15H16N4O2/c16-11-7-3-1-5-9(11)15(13(18)20,14(19)21)10-6-2-4-8-12(10)17/h1-8H,16-17H2,(H2,18,20)(H2,19,21). The molecule has 0 aliphatic rings. The van der Waals surface area contributed by atoms with Crippen molar-refractivity contribution < 1.29 is 9.59 Å². The van der Waals surface area contributed by atoms with Crippen LogP contribution in [0, 0.1) is 0 Å². The number of nitrogens with two attached hydrogens (primary N) is 4. The van der Waals surface area contributed by atoms with Gasteiger partial charge in [0.1, 0.15) is 0 Å². The van der Waals surface area contributed by atoms with Crippen LogP contribution in [0.2, 0.25) is 0 Å². The van der Waals surface area contributed by atoms with Gasteiger partial charge in [0.25, 0.3) is 0 Å². The molecule has 21 heavy (non-hydrogen) atoms. The number of primary amides is 2. The summed E-state index contributed by atoms with van der Waals surface area (Å²) >= 11 is 0. The van der Waals surface area contributed by atoms with E-state index in [1.165, 1.54) is 12.1 Å². The summed E-state index contributed by atoms with van der Waals surface area (Å²) in [5.74, 6) is -1.85. The average Bonchev–Trinajstić information content (AvgIpc) is 2.42. The Morgan fingerprint density at radius 1 is 0.714 bits per heavy atom. The van der Waals surface area contributed by atoms with Gasteiger partial charge in [0.15, 0.2) is 5.41 Å². The number of carbonyl (C=O) groups is 2. The number of rotatable bonds is 4. The maximum atomic E-state index is 12.2. The van der Waals surface area contributed by atoms with Crippen LogP contribution in [0.1, 0.15) is 11.1 Å². The lowest BCUT2D eigenvalue weighted by Crippen LogP contribution is -2.53. The van der Waals surface area contributed by atoms with E-state index in [4.69, 9.17) is 22.9 Å². The molecule has 6 nitrogen and oxygen atoms in total. The molecular formula is C15H16N4O2. The molecule has 0 spiro atoms. The third-order valence-electron chi connectivity index (χ3n) is 3.47. The first-order valence-corrected chi connectivity index (χ1v) is 6.22. The van der Waals surface area contributed by atoms with E-state index in [1.54, 1.807) is 36.4 Å². The summed E-state index contributed by atoms with van der Waals surface area (Å²) in [6.07, 6.45) is 0. The fourth-order valence-electron chi connectivity index (χ4n) is 2.47. The van der Waals surface area contributed by atoms with Gasteiger partial charge in [-0.3, -0.25) is 9.59 Å². The van der Waals surface area contributed by atoms with Crippen molar-refractivity contribution in [2.75, 3.05) is 11.5 Å². The third-order valence-corrected chi connectivity index (χ3v) is 3.47. The average molecular weight is 284 g/mol. The Bertz CT molecular complexity index is 651. The van der Waals surface area contributed by atoms with Crippen molar-refractivity contribution in [2.45, 2.75) is 5.41 Å². The van der Waals surface area contributed by atoms with E-state index in [9.17, 15) is 9.59 Å². The molecule has 0 unspecified atom stereocenters. The van der Waals surface area contributed by atoms with Crippen molar-refractivity contribution in [3.63, 3.8) is 0 Å². The Balaban J connectivity index is 2.91. The second-order valence-electron chi connectivity index (χ2n) is 4.65. The SMILES string of the molecule is NC(=O)C(C(N)=O)(c1ccccc1N)c1ccccc1N. The highest BCUT2D eigenvalue weighted by Gasteiger charge is 2.48. The van der Waals surface area contributed by atoms with Crippen LogP contribution >= 0.6 is 0 Å². The number of benzene rings is 2. The highest BCUT2D eigenvalue weighted by atomic mass is 16.2. The Hall–Kier alpha value is -3.02. The number of hydrogen-bond donors (Lipinski definition) is 4. The Kier molecular flexibility index (Phi) is 3.54. The zero-order chi connectivity index (χ0) is 15.6. The largest absolute Gasteiger partial charge is 0.398 e. The Labute approximate surface area is 121 Å². The molecule has 2 aromatic carbocycles. The van der Waals surface area contributed by atoms with Gasteiger partial charge in [0.05, 0.1) is 0 Å². The van der Waals surface area contributed by atoms with Crippen LogP contribution in [0.25, 0.3) is 0 Å². The zero-order valence-electron chi connectivity index (χ0n) is 11.2. The van der Waals surface area contributed by atoms with Crippen molar-refractivity contribution in [2.24, 2.45) is 11.5 Å². The number of hydrogen-bond acceptors (Lipinski definition) is 4. The van der Waals surface area contributed by atoms with Gasteiger partial charge in [0, 0.05) is 22.5 Å². The molecule has 2 aromatic rings. The van der Waals surface area contributed by atoms with Crippen molar-refractivity contribution >= 4 is 23.2 Å². The fourth-order valence-corrected chi connectivity index (χ4v) is 2.47. The Morgan fingerprint density at radius 2 is 1.05 bits per heavy atom. The van der Waals surface area contributed by atoms with E-state index in [-0.39, 0.29) is 22.5 Å². The minimum Gasteiger partial charge on any atom is -0.398 e. The Morgan fingerprint density at radius 3 is 1.33 bits per heavy atom. The molecule has 0 aliphatic carbocycles. The van der Waals surface area contributed by atoms with E-state index in [1.807, 2.05) is 0 Å². The molecule has 0 saturated carbocycles. The van der Waals surface area contributed by atoms with E-state index in [2.05, 4.69) is 0 Å².